The summed E-state index contributed by atoms with van der Waals surface area (Å²) in [5, 5.41) is 4.49. The van der Waals surface area contributed by atoms with Gasteiger partial charge in [0.15, 0.2) is 11.5 Å². The number of nitrogens with zero attached hydrogens (tertiary/aromatic N) is 1. The fourth-order valence-electron chi connectivity index (χ4n) is 3.21. The van der Waals surface area contributed by atoms with Crippen LogP contribution >= 0.6 is 0 Å². The van der Waals surface area contributed by atoms with E-state index in [4.69, 9.17) is 14.5 Å². The van der Waals surface area contributed by atoms with Gasteiger partial charge in [0, 0.05) is 29.9 Å². The average Bonchev–Trinajstić information content (AvgIpc) is 2.76. The first kappa shape index (κ1) is 14.0. The van der Waals surface area contributed by atoms with Crippen LogP contribution < -0.4 is 14.8 Å². The molecule has 1 aromatic carbocycles. The summed E-state index contributed by atoms with van der Waals surface area (Å²) in [5.74, 6) is 1.48. The van der Waals surface area contributed by atoms with Gasteiger partial charge >= 0.3 is 0 Å². The zero-order chi connectivity index (χ0) is 14.8. The Morgan fingerprint density at radius 1 is 1.00 bits per heavy atom. The standard InChI is InChI=1S/C17H22N2O2/c1-18-17-11-7-5-4-6-8-13(11)19-14-10-16(21-3)15(20-2)9-12(14)17/h9-10H,4-8H2,1-3H3,(H,18,19). The van der Waals surface area contributed by atoms with Gasteiger partial charge in [0.25, 0.3) is 0 Å². The molecule has 0 saturated carbocycles. The molecule has 1 aliphatic rings. The molecule has 1 aliphatic carbocycles. The van der Waals surface area contributed by atoms with Crippen molar-refractivity contribution in [2.45, 2.75) is 32.1 Å². The highest BCUT2D eigenvalue weighted by atomic mass is 16.5. The predicted octanol–water partition coefficient (Wildman–Crippen LogP) is 3.56. The second-order valence-corrected chi connectivity index (χ2v) is 5.45. The Bertz CT molecular complexity index is 668. The molecule has 2 aromatic rings. The van der Waals surface area contributed by atoms with Crippen molar-refractivity contribution in [2.24, 2.45) is 0 Å². The van der Waals surface area contributed by atoms with E-state index < -0.39 is 0 Å². The maximum Gasteiger partial charge on any atom is 0.162 e. The van der Waals surface area contributed by atoms with Crippen LogP contribution in [0.5, 0.6) is 11.5 Å². The second kappa shape index (κ2) is 5.80. The van der Waals surface area contributed by atoms with Crippen LogP contribution in [0.3, 0.4) is 0 Å². The molecule has 0 aliphatic heterocycles. The number of methoxy groups -OCH3 is 2. The first-order chi connectivity index (χ1) is 10.3. The van der Waals surface area contributed by atoms with Crippen LogP contribution in [0.25, 0.3) is 10.9 Å². The zero-order valence-corrected chi connectivity index (χ0v) is 13.0. The lowest BCUT2D eigenvalue weighted by atomic mass is 10.0. The Morgan fingerprint density at radius 3 is 2.43 bits per heavy atom. The third-order valence-electron chi connectivity index (χ3n) is 4.27. The fraction of sp³-hybridized carbons (Fsp3) is 0.471. The van der Waals surface area contributed by atoms with Crippen molar-refractivity contribution in [3.63, 3.8) is 0 Å². The summed E-state index contributed by atoms with van der Waals surface area (Å²) in [7, 11) is 5.31. The molecular weight excluding hydrogens is 264 g/mol. The van der Waals surface area contributed by atoms with Crippen molar-refractivity contribution in [1.82, 2.24) is 4.98 Å². The number of aromatic nitrogens is 1. The van der Waals surface area contributed by atoms with Crippen LogP contribution in [0.2, 0.25) is 0 Å². The van der Waals surface area contributed by atoms with Crippen molar-refractivity contribution in [3.8, 4) is 11.5 Å². The summed E-state index contributed by atoms with van der Waals surface area (Å²) in [5.41, 5.74) is 4.77. The lowest BCUT2D eigenvalue weighted by molar-refractivity contribution is 0.356. The number of hydrogen-bond donors (Lipinski definition) is 1. The van der Waals surface area contributed by atoms with Crippen molar-refractivity contribution < 1.29 is 9.47 Å². The molecule has 4 heteroatoms. The minimum Gasteiger partial charge on any atom is -0.493 e. The molecule has 1 heterocycles. The monoisotopic (exact) mass is 286 g/mol. The number of anilines is 1. The number of aryl methyl sites for hydroxylation is 1. The Balaban J connectivity index is 2.29. The normalized spacial score (nSPS) is 14.4. The molecular formula is C17H22N2O2. The van der Waals surface area contributed by atoms with Crippen LogP contribution in [0.4, 0.5) is 5.69 Å². The molecule has 0 amide bonds. The van der Waals surface area contributed by atoms with Crippen molar-refractivity contribution in [2.75, 3.05) is 26.6 Å². The molecule has 0 radical (unpaired) electrons. The Labute approximate surface area is 125 Å². The van der Waals surface area contributed by atoms with E-state index in [2.05, 4.69) is 5.32 Å². The van der Waals surface area contributed by atoms with E-state index in [1.807, 2.05) is 19.2 Å². The number of hydrogen-bond acceptors (Lipinski definition) is 4. The van der Waals surface area contributed by atoms with Gasteiger partial charge in [-0.15, -0.1) is 0 Å². The Kier molecular flexibility index (Phi) is 3.86. The van der Waals surface area contributed by atoms with Crippen LogP contribution in [0.1, 0.15) is 30.5 Å². The number of rotatable bonds is 3. The smallest absolute Gasteiger partial charge is 0.162 e. The topological polar surface area (TPSA) is 43.4 Å². The summed E-state index contributed by atoms with van der Waals surface area (Å²) in [6, 6.07) is 4.00. The van der Waals surface area contributed by atoms with E-state index >= 15 is 0 Å². The lowest BCUT2D eigenvalue weighted by Gasteiger charge is -2.17. The summed E-state index contributed by atoms with van der Waals surface area (Å²) >= 11 is 0. The van der Waals surface area contributed by atoms with Gasteiger partial charge in [-0.2, -0.15) is 0 Å². The van der Waals surface area contributed by atoms with Crippen molar-refractivity contribution in [1.29, 1.82) is 0 Å². The summed E-state index contributed by atoms with van der Waals surface area (Å²) < 4.78 is 10.8. The second-order valence-electron chi connectivity index (χ2n) is 5.45. The van der Waals surface area contributed by atoms with E-state index in [0.29, 0.717) is 0 Å². The van der Waals surface area contributed by atoms with Gasteiger partial charge in [0.05, 0.1) is 19.7 Å². The summed E-state index contributed by atoms with van der Waals surface area (Å²) in [6.07, 6.45) is 5.91. The fourth-order valence-corrected chi connectivity index (χ4v) is 3.21. The first-order valence-corrected chi connectivity index (χ1v) is 7.53. The number of ether oxygens (including phenoxy) is 2. The van der Waals surface area contributed by atoms with E-state index in [-0.39, 0.29) is 0 Å². The SMILES string of the molecule is CNc1c2c(nc3cc(OC)c(OC)cc13)CCCCC2. The van der Waals surface area contributed by atoms with Crippen molar-refractivity contribution in [3.05, 3.63) is 23.4 Å². The van der Waals surface area contributed by atoms with Gasteiger partial charge in [-0.3, -0.25) is 4.98 Å². The van der Waals surface area contributed by atoms with Gasteiger partial charge in [-0.25, -0.2) is 0 Å². The van der Waals surface area contributed by atoms with Gasteiger partial charge in [-0.1, -0.05) is 6.42 Å². The average molecular weight is 286 g/mol. The van der Waals surface area contributed by atoms with Crippen LogP contribution in [-0.2, 0) is 12.8 Å². The highest BCUT2D eigenvalue weighted by Gasteiger charge is 2.18. The molecule has 4 nitrogen and oxygen atoms in total. The number of pyridine rings is 1. The van der Waals surface area contributed by atoms with Gasteiger partial charge in [-0.05, 0) is 37.3 Å². The molecule has 0 spiro atoms. The summed E-state index contributed by atoms with van der Waals surface area (Å²) in [6.45, 7) is 0. The quantitative estimate of drug-likeness (QED) is 0.876. The first-order valence-electron chi connectivity index (χ1n) is 7.53. The third-order valence-corrected chi connectivity index (χ3v) is 4.27. The largest absolute Gasteiger partial charge is 0.493 e. The molecule has 0 saturated heterocycles. The van der Waals surface area contributed by atoms with Crippen molar-refractivity contribution >= 4 is 16.6 Å². The molecule has 0 atom stereocenters. The third kappa shape index (κ3) is 2.39. The number of fused-ring (bicyclic) bond motifs is 2. The minimum absolute atomic E-state index is 0.730. The predicted molar refractivity (Wildman–Crippen MR) is 85.7 cm³/mol. The molecule has 0 fully saturated rings. The maximum absolute atomic E-state index is 5.43. The van der Waals surface area contributed by atoms with Crippen LogP contribution in [0.15, 0.2) is 12.1 Å². The van der Waals surface area contributed by atoms with E-state index in [0.717, 1.165) is 35.2 Å². The van der Waals surface area contributed by atoms with Gasteiger partial charge in [0.2, 0.25) is 0 Å². The molecule has 1 aromatic heterocycles. The molecule has 0 unspecified atom stereocenters. The molecule has 0 bridgehead atoms. The zero-order valence-electron chi connectivity index (χ0n) is 13.0. The number of benzene rings is 1. The molecule has 21 heavy (non-hydrogen) atoms. The number of nitrogens with one attached hydrogen (secondary N) is 1. The molecule has 112 valence electrons. The Morgan fingerprint density at radius 2 is 1.71 bits per heavy atom. The maximum atomic E-state index is 5.43. The minimum atomic E-state index is 0.730. The van der Waals surface area contributed by atoms with E-state index in [9.17, 15) is 0 Å². The summed E-state index contributed by atoms with van der Waals surface area (Å²) in [4.78, 5) is 4.89. The van der Waals surface area contributed by atoms with E-state index in [1.165, 1.54) is 36.2 Å². The van der Waals surface area contributed by atoms with Crippen LogP contribution in [-0.4, -0.2) is 26.3 Å². The van der Waals surface area contributed by atoms with Crippen LogP contribution in [0, 0.1) is 0 Å². The Hall–Kier alpha value is -1.97. The molecule has 3 rings (SSSR count). The molecule has 1 N–H and O–H groups in total. The highest BCUT2D eigenvalue weighted by molar-refractivity contribution is 5.95. The van der Waals surface area contributed by atoms with Gasteiger partial charge in [0.1, 0.15) is 0 Å². The lowest BCUT2D eigenvalue weighted by Crippen LogP contribution is -2.04. The van der Waals surface area contributed by atoms with E-state index in [1.54, 1.807) is 14.2 Å². The van der Waals surface area contributed by atoms with Gasteiger partial charge < -0.3 is 14.8 Å². The highest BCUT2D eigenvalue weighted by Crippen LogP contribution is 2.38.